The molecule has 76 valence electrons. The van der Waals surface area contributed by atoms with Crippen molar-refractivity contribution in [3.63, 3.8) is 0 Å². The zero-order valence-corrected chi connectivity index (χ0v) is 7.98. The van der Waals surface area contributed by atoms with E-state index >= 15 is 0 Å². The molecule has 2 unspecified atom stereocenters. The fourth-order valence-electron chi connectivity index (χ4n) is 1.09. The molecule has 0 spiro atoms. The minimum Gasteiger partial charge on any atom is -0.481 e. The van der Waals surface area contributed by atoms with E-state index in [1.807, 2.05) is 0 Å². The smallest absolute Gasteiger partial charge is 0.315 e. The summed E-state index contributed by atoms with van der Waals surface area (Å²) >= 11 is 0. The van der Waals surface area contributed by atoms with Crippen molar-refractivity contribution in [3.8, 4) is 6.07 Å². The highest BCUT2D eigenvalue weighted by Crippen LogP contribution is 2.17. The Kier molecular flexibility index (Phi) is 4.50. The molecule has 0 aliphatic heterocycles. The predicted octanol–water partition coefficient (Wildman–Crippen LogP) is 0.395. The number of carbonyl (C=O) groups excluding carboxylic acids is 2. The van der Waals surface area contributed by atoms with Gasteiger partial charge in [-0.15, -0.1) is 0 Å². The van der Waals surface area contributed by atoms with Crippen LogP contribution in [0, 0.1) is 23.2 Å². The van der Waals surface area contributed by atoms with Crippen LogP contribution in [0.25, 0.3) is 0 Å². The van der Waals surface area contributed by atoms with Gasteiger partial charge in [-0.1, -0.05) is 6.92 Å². The summed E-state index contributed by atoms with van der Waals surface area (Å²) in [5.41, 5.74) is 0. The average molecular weight is 197 g/mol. The number of carboxylic acid groups (broad SMARTS) is 1. The Morgan fingerprint density at radius 3 is 2.14 bits per heavy atom. The molecule has 0 amide bonds. The molecule has 0 fully saturated rings. The molecule has 0 heterocycles. The summed E-state index contributed by atoms with van der Waals surface area (Å²) in [5, 5.41) is 17.3. The molecule has 0 bridgehead atoms. The molecular formula is C9H11NO4. The maximum Gasteiger partial charge on any atom is 0.315 e. The second-order valence-electron chi connectivity index (χ2n) is 2.88. The summed E-state index contributed by atoms with van der Waals surface area (Å²) in [7, 11) is 0. The molecule has 0 aromatic carbocycles. The highest BCUT2D eigenvalue weighted by Gasteiger charge is 2.35. The van der Waals surface area contributed by atoms with Crippen LogP contribution in [0.1, 0.15) is 20.3 Å². The van der Waals surface area contributed by atoms with E-state index in [1.54, 1.807) is 13.0 Å². The van der Waals surface area contributed by atoms with Gasteiger partial charge in [0.1, 0.15) is 5.92 Å². The van der Waals surface area contributed by atoms with Crippen molar-refractivity contribution in [3.05, 3.63) is 0 Å². The maximum atomic E-state index is 11.2. The number of hydrogen-bond acceptors (Lipinski definition) is 4. The molecule has 0 rings (SSSR count). The van der Waals surface area contributed by atoms with Gasteiger partial charge in [-0.05, 0) is 6.42 Å². The van der Waals surface area contributed by atoms with Gasteiger partial charge in [-0.3, -0.25) is 14.4 Å². The molecule has 0 saturated carbocycles. The van der Waals surface area contributed by atoms with E-state index in [-0.39, 0.29) is 6.42 Å². The molecule has 0 aliphatic rings. The fourth-order valence-corrected chi connectivity index (χ4v) is 1.09. The van der Waals surface area contributed by atoms with Crippen LogP contribution in [0.5, 0.6) is 0 Å². The molecule has 0 aromatic rings. The van der Waals surface area contributed by atoms with Gasteiger partial charge in [0.2, 0.25) is 5.78 Å². The second-order valence-corrected chi connectivity index (χ2v) is 2.88. The third-order valence-corrected chi connectivity index (χ3v) is 1.90. The number of carbonyl (C=O) groups is 3. The lowest BCUT2D eigenvalue weighted by Gasteiger charge is -2.13. The quantitative estimate of drug-likeness (QED) is 0.508. The highest BCUT2D eigenvalue weighted by atomic mass is 16.4. The average Bonchev–Trinajstić information content (AvgIpc) is 2.12. The van der Waals surface area contributed by atoms with E-state index in [2.05, 4.69) is 0 Å². The van der Waals surface area contributed by atoms with Crippen LogP contribution in [0.3, 0.4) is 0 Å². The zero-order chi connectivity index (χ0) is 11.3. The molecule has 14 heavy (non-hydrogen) atoms. The standard InChI is InChI=1S/C9H11NO4/c1-3-6(4-10)7(9(13)14)8(12)5(2)11/h6-7H,3H2,1-2H3,(H,13,14). The van der Waals surface area contributed by atoms with Gasteiger partial charge in [-0.25, -0.2) is 0 Å². The molecular weight excluding hydrogens is 186 g/mol. The summed E-state index contributed by atoms with van der Waals surface area (Å²) in [6.07, 6.45) is 0.229. The third-order valence-electron chi connectivity index (χ3n) is 1.90. The lowest BCUT2D eigenvalue weighted by Crippen LogP contribution is -2.34. The summed E-state index contributed by atoms with van der Waals surface area (Å²) in [6.45, 7) is 2.60. The fraction of sp³-hybridized carbons (Fsp3) is 0.556. The lowest BCUT2D eigenvalue weighted by atomic mass is 9.86. The van der Waals surface area contributed by atoms with Gasteiger partial charge in [0.15, 0.2) is 5.78 Å². The Bertz CT molecular complexity index is 302. The summed E-state index contributed by atoms with van der Waals surface area (Å²) < 4.78 is 0. The summed E-state index contributed by atoms with van der Waals surface area (Å²) in [6, 6.07) is 1.72. The predicted molar refractivity (Wildman–Crippen MR) is 46.2 cm³/mol. The number of nitrogens with zero attached hydrogens (tertiary/aromatic N) is 1. The van der Waals surface area contributed by atoms with Gasteiger partial charge in [-0.2, -0.15) is 5.26 Å². The Balaban J connectivity index is 4.96. The Morgan fingerprint density at radius 2 is 1.93 bits per heavy atom. The summed E-state index contributed by atoms with van der Waals surface area (Å²) in [4.78, 5) is 32.5. The Morgan fingerprint density at radius 1 is 1.43 bits per heavy atom. The molecule has 0 aromatic heterocycles. The van der Waals surface area contributed by atoms with Crippen molar-refractivity contribution >= 4 is 17.5 Å². The van der Waals surface area contributed by atoms with Crippen LogP contribution in [0.2, 0.25) is 0 Å². The van der Waals surface area contributed by atoms with Gasteiger partial charge in [0.05, 0.1) is 12.0 Å². The van der Waals surface area contributed by atoms with Crippen molar-refractivity contribution in [2.24, 2.45) is 11.8 Å². The molecule has 2 atom stereocenters. The number of rotatable bonds is 5. The van der Waals surface area contributed by atoms with Crippen LogP contribution in [0.15, 0.2) is 0 Å². The van der Waals surface area contributed by atoms with E-state index in [0.29, 0.717) is 0 Å². The van der Waals surface area contributed by atoms with Crippen molar-refractivity contribution < 1.29 is 19.5 Å². The first-order valence-corrected chi connectivity index (χ1v) is 4.12. The topological polar surface area (TPSA) is 95.2 Å². The number of ketones is 2. The molecule has 0 aliphatic carbocycles. The minimum absolute atomic E-state index is 0.229. The maximum absolute atomic E-state index is 11.2. The number of hydrogen-bond donors (Lipinski definition) is 1. The molecule has 1 N–H and O–H groups in total. The first-order valence-electron chi connectivity index (χ1n) is 4.12. The zero-order valence-electron chi connectivity index (χ0n) is 7.98. The second kappa shape index (κ2) is 5.12. The van der Waals surface area contributed by atoms with E-state index in [1.165, 1.54) is 0 Å². The number of aliphatic carboxylic acids is 1. The Labute approximate surface area is 81.3 Å². The van der Waals surface area contributed by atoms with E-state index < -0.39 is 29.4 Å². The molecule has 5 heteroatoms. The molecule has 0 radical (unpaired) electrons. The van der Waals surface area contributed by atoms with Gasteiger partial charge >= 0.3 is 5.97 Å². The van der Waals surface area contributed by atoms with Crippen LogP contribution < -0.4 is 0 Å². The minimum atomic E-state index is -1.53. The normalized spacial score (nSPS) is 13.8. The molecule has 5 nitrogen and oxygen atoms in total. The monoisotopic (exact) mass is 197 g/mol. The first kappa shape index (κ1) is 12.3. The van der Waals surface area contributed by atoms with E-state index in [9.17, 15) is 14.4 Å². The SMILES string of the molecule is CCC(C#N)C(C(=O)O)C(=O)C(C)=O. The van der Waals surface area contributed by atoms with Crippen LogP contribution in [0.4, 0.5) is 0 Å². The highest BCUT2D eigenvalue weighted by molar-refractivity contribution is 6.40. The van der Waals surface area contributed by atoms with Crippen LogP contribution >= 0.6 is 0 Å². The number of nitriles is 1. The van der Waals surface area contributed by atoms with Crippen molar-refractivity contribution in [2.45, 2.75) is 20.3 Å². The third kappa shape index (κ3) is 2.66. The largest absolute Gasteiger partial charge is 0.481 e. The van der Waals surface area contributed by atoms with E-state index in [0.717, 1.165) is 6.92 Å². The number of Topliss-reactive ketones (excluding diaryl/α,β-unsaturated/α-hetero) is 2. The van der Waals surface area contributed by atoms with Crippen molar-refractivity contribution in [1.29, 1.82) is 5.26 Å². The van der Waals surface area contributed by atoms with Gasteiger partial charge in [0, 0.05) is 6.92 Å². The summed E-state index contributed by atoms with van der Waals surface area (Å²) in [5.74, 6) is -5.72. The van der Waals surface area contributed by atoms with Crippen molar-refractivity contribution in [1.82, 2.24) is 0 Å². The Hall–Kier alpha value is -1.70. The number of carboxylic acids is 1. The van der Waals surface area contributed by atoms with E-state index in [4.69, 9.17) is 10.4 Å². The molecule has 0 saturated heterocycles. The first-order chi connectivity index (χ1) is 6.45. The van der Waals surface area contributed by atoms with Crippen LogP contribution in [-0.4, -0.2) is 22.6 Å². The van der Waals surface area contributed by atoms with Crippen LogP contribution in [-0.2, 0) is 14.4 Å². The van der Waals surface area contributed by atoms with Gasteiger partial charge in [0.25, 0.3) is 0 Å². The van der Waals surface area contributed by atoms with Crippen molar-refractivity contribution in [2.75, 3.05) is 0 Å². The lowest BCUT2D eigenvalue weighted by molar-refractivity contribution is -0.151. The van der Waals surface area contributed by atoms with Gasteiger partial charge < -0.3 is 5.11 Å².